The lowest BCUT2D eigenvalue weighted by molar-refractivity contribution is 0.0471. The molecular weight excluding hydrogens is 398 g/mol. The van der Waals surface area contributed by atoms with E-state index in [9.17, 15) is 13.8 Å². The highest BCUT2D eigenvalue weighted by Gasteiger charge is 2.20. The SMILES string of the molecule is CC[S@](=O)c1ccccc1C(=O)OCC(=O)c1cc(C)n(Cc2ccccc2)c1C. The fourth-order valence-electron chi connectivity index (χ4n) is 3.37. The maximum Gasteiger partial charge on any atom is 0.339 e. The van der Waals surface area contributed by atoms with Crippen LogP contribution in [-0.4, -0.2) is 32.9 Å². The number of ketones is 1. The smallest absolute Gasteiger partial charge is 0.339 e. The molecule has 0 radical (unpaired) electrons. The lowest BCUT2D eigenvalue weighted by atomic mass is 10.1. The summed E-state index contributed by atoms with van der Waals surface area (Å²) >= 11 is 0. The van der Waals surface area contributed by atoms with Gasteiger partial charge in [-0.2, -0.15) is 0 Å². The van der Waals surface area contributed by atoms with Crippen molar-refractivity contribution in [3.63, 3.8) is 0 Å². The van der Waals surface area contributed by atoms with Crippen molar-refractivity contribution < 1.29 is 18.5 Å². The van der Waals surface area contributed by atoms with Gasteiger partial charge < -0.3 is 9.30 Å². The van der Waals surface area contributed by atoms with Gasteiger partial charge >= 0.3 is 5.97 Å². The summed E-state index contributed by atoms with van der Waals surface area (Å²) in [5, 5.41) is 0. The second kappa shape index (κ2) is 9.67. The summed E-state index contributed by atoms with van der Waals surface area (Å²) in [7, 11) is -1.28. The number of hydrogen-bond donors (Lipinski definition) is 0. The molecule has 0 fully saturated rings. The Morgan fingerprint density at radius 2 is 1.63 bits per heavy atom. The molecule has 2 aromatic carbocycles. The monoisotopic (exact) mass is 423 g/mol. The largest absolute Gasteiger partial charge is 0.454 e. The molecule has 0 saturated heterocycles. The molecule has 1 aromatic heterocycles. The molecule has 3 rings (SSSR count). The quantitative estimate of drug-likeness (QED) is 0.400. The van der Waals surface area contributed by atoms with Crippen molar-refractivity contribution >= 4 is 22.6 Å². The van der Waals surface area contributed by atoms with Crippen molar-refractivity contribution in [2.75, 3.05) is 12.4 Å². The van der Waals surface area contributed by atoms with Crippen LogP contribution in [-0.2, 0) is 22.1 Å². The Kier molecular flexibility index (Phi) is 7.00. The molecule has 6 heteroatoms. The van der Waals surface area contributed by atoms with Gasteiger partial charge in [-0.1, -0.05) is 49.4 Å². The van der Waals surface area contributed by atoms with Crippen molar-refractivity contribution in [2.45, 2.75) is 32.2 Å². The Bertz CT molecular complexity index is 1090. The zero-order chi connectivity index (χ0) is 21.7. The Hall–Kier alpha value is -2.99. The standard InChI is InChI=1S/C24H25NO4S/c1-4-30(28)23-13-9-8-12-20(23)24(27)29-16-22(26)21-14-17(2)25(18(21)3)15-19-10-6-5-7-11-19/h5-14H,4,15-16H2,1-3H3/t30-/m0/s1. The normalized spacial score (nSPS) is 11.8. The van der Waals surface area contributed by atoms with Crippen LogP contribution < -0.4 is 0 Å². The van der Waals surface area contributed by atoms with Crippen LogP contribution >= 0.6 is 0 Å². The van der Waals surface area contributed by atoms with Crippen LogP contribution in [0, 0.1) is 13.8 Å². The fraction of sp³-hybridized carbons (Fsp3) is 0.250. The van der Waals surface area contributed by atoms with E-state index in [-0.39, 0.29) is 18.0 Å². The summed E-state index contributed by atoms with van der Waals surface area (Å²) in [5.41, 5.74) is 3.73. The zero-order valence-electron chi connectivity index (χ0n) is 17.4. The number of Topliss-reactive ketones (excluding diaryl/α,β-unsaturated/α-hetero) is 1. The predicted octanol–water partition coefficient (Wildman–Crippen LogP) is 4.32. The van der Waals surface area contributed by atoms with Crippen molar-refractivity contribution in [2.24, 2.45) is 0 Å². The molecule has 3 aromatic rings. The molecule has 0 spiro atoms. The van der Waals surface area contributed by atoms with Gasteiger partial charge in [0.15, 0.2) is 6.61 Å². The Morgan fingerprint density at radius 1 is 0.967 bits per heavy atom. The number of nitrogens with zero attached hydrogens (tertiary/aromatic N) is 1. The maximum absolute atomic E-state index is 12.7. The van der Waals surface area contributed by atoms with Gasteiger partial charge in [-0.05, 0) is 37.6 Å². The molecule has 1 atom stereocenters. The minimum Gasteiger partial charge on any atom is -0.454 e. The number of esters is 1. The number of aryl methyl sites for hydroxylation is 1. The first-order valence-electron chi connectivity index (χ1n) is 9.80. The summed E-state index contributed by atoms with van der Waals surface area (Å²) in [6.45, 7) is 5.94. The molecule has 156 valence electrons. The summed E-state index contributed by atoms with van der Waals surface area (Å²) in [6, 6.07) is 18.5. The van der Waals surface area contributed by atoms with E-state index in [0.717, 1.165) is 17.0 Å². The van der Waals surface area contributed by atoms with Gasteiger partial charge in [0.2, 0.25) is 5.78 Å². The molecule has 0 unspecified atom stereocenters. The number of ether oxygens (including phenoxy) is 1. The van der Waals surface area contributed by atoms with Crippen LogP contribution in [0.15, 0.2) is 65.6 Å². The highest BCUT2D eigenvalue weighted by atomic mass is 32.2. The minimum absolute atomic E-state index is 0.236. The predicted molar refractivity (Wildman–Crippen MR) is 117 cm³/mol. The molecule has 0 aliphatic carbocycles. The first-order chi connectivity index (χ1) is 14.4. The number of carbonyl (C=O) groups excluding carboxylic acids is 2. The number of hydrogen-bond acceptors (Lipinski definition) is 4. The van der Waals surface area contributed by atoms with E-state index in [2.05, 4.69) is 4.57 Å². The third kappa shape index (κ3) is 4.76. The third-order valence-electron chi connectivity index (χ3n) is 5.01. The number of rotatable bonds is 8. The topological polar surface area (TPSA) is 65.4 Å². The summed E-state index contributed by atoms with van der Waals surface area (Å²) in [4.78, 5) is 25.7. The molecule has 0 aliphatic heterocycles. The average molecular weight is 424 g/mol. The van der Waals surface area contributed by atoms with Gasteiger partial charge in [-0.25, -0.2) is 4.79 Å². The Morgan fingerprint density at radius 3 is 2.33 bits per heavy atom. The number of benzene rings is 2. The van der Waals surface area contributed by atoms with Gasteiger partial charge in [-0.15, -0.1) is 0 Å². The molecule has 0 aliphatic rings. The van der Waals surface area contributed by atoms with Gasteiger partial charge in [-0.3, -0.25) is 9.00 Å². The van der Waals surface area contributed by atoms with E-state index >= 15 is 0 Å². The van der Waals surface area contributed by atoms with E-state index in [0.29, 0.717) is 22.8 Å². The van der Waals surface area contributed by atoms with Crippen LogP contribution in [0.4, 0.5) is 0 Å². The van der Waals surface area contributed by atoms with Crippen LogP contribution in [0.5, 0.6) is 0 Å². The third-order valence-corrected chi connectivity index (χ3v) is 6.38. The van der Waals surface area contributed by atoms with Gasteiger partial charge in [0.25, 0.3) is 0 Å². The molecule has 30 heavy (non-hydrogen) atoms. The summed E-state index contributed by atoms with van der Waals surface area (Å²) in [5.74, 6) is -0.500. The maximum atomic E-state index is 12.7. The van der Waals surface area contributed by atoms with Gasteiger partial charge in [0.1, 0.15) is 0 Å². The summed E-state index contributed by atoms with van der Waals surface area (Å²) in [6.07, 6.45) is 0. The minimum atomic E-state index is -1.28. The van der Waals surface area contributed by atoms with Crippen molar-refractivity contribution in [1.29, 1.82) is 0 Å². The van der Waals surface area contributed by atoms with Crippen molar-refractivity contribution in [3.05, 3.63) is 88.7 Å². The molecule has 0 bridgehead atoms. The molecule has 0 amide bonds. The number of carbonyl (C=O) groups is 2. The molecule has 5 nitrogen and oxygen atoms in total. The first-order valence-corrected chi connectivity index (χ1v) is 11.1. The van der Waals surface area contributed by atoms with Crippen molar-refractivity contribution in [3.8, 4) is 0 Å². The lowest BCUT2D eigenvalue weighted by Crippen LogP contribution is -2.16. The second-order valence-corrected chi connectivity index (χ2v) is 8.69. The van der Waals surface area contributed by atoms with E-state index < -0.39 is 16.8 Å². The Labute approximate surface area is 179 Å². The van der Waals surface area contributed by atoms with Crippen molar-refractivity contribution in [1.82, 2.24) is 4.57 Å². The molecule has 0 N–H and O–H groups in total. The van der Waals surface area contributed by atoms with Crippen LogP contribution in [0.25, 0.3) is 0 Å². The molecule has 0 saturated carbocycles. The zero-order valence-corrected chi connectivity index (χ0v) is 18.2. The van der Waals surface area contributed by atoms with Crippen LogP contribution in [0.1, 0.15) is 44.6 Å². The van der Waals surface area contributed by atoms with Gasteiger partial charge in [0, 0.05) is 29.2 Å². The van der Waals surface area contributed by atoms with E-state index in [1.165, 1.54) is 0 Å². The van der Waals surface area contributed by atoms with Crippen LogP contribution in [0.3, 0.4) is 0 Å². The van der Waals surface area contributed by atoms with E-state index in [1.54, 1.807) is 31.2 Å². The summed E-state index contributed by atoms with van der Waals surface area (Å²) < 4.78 is 19.5. The van der Waals surface area contributed by atoms with Crippen LogP contribution in [0.2, 0.25) is 0 Å². The van der Waals surface area contributed by atoms with E-state index in [1.807, 2.05) is 50.2 Å². The lowest BCUT2D eigenvalue weighted by Gasteiger charge is -2.10. The fourth-order valence-corrected chi connectivity index (χ4v) is 4.31. The first kappa shape index (κ1) is 21.7. The molecular formula is C24H25NO4S. The highest BCUT2D eigenvalue weighted by molar-refractivity contribution is 7.85. The van der Waals surface area contributed by atoms with Gasteiger partial charge in [0.05, 0.1) is 21.3 Å². The Balaban J connectivity index is 1.72. The second-order valence-electron chi connectivity index (χ2n) is 6.99. The number of aromatic nitrogens is 1. The molecule has 1 heterocycles. The highest BCUT2D eigenvalue weighted by Crippen LogP contribution is 2.19. The van der Waals surface area contributed by atoms with E-state index in [4.69, 9.17) is 4.74 Å². The average Bonchev–Trinajstić information content (AvgIpc) is 3.05.